The number of carbonyl (C=O) groups excluding carboxylic acids is 1. The molecule has 2 aliphatic rings. The molecule has 2 saturated heterocycles. The van der Waals surface area contributed by atoms with Crippen molar-refractivity contribution in [3.8, 4) is 5.75 Å². The molecule has 7 nitrogen and oxygen atoms in total. The number of piperazine rings is 1. The molecule has 0 saturated carbocycles. The van der Waals surface area contributed by atoms with Gasteiger partial charge in [-0.2, -0.15) is 4.31 Å². The highest BCUT2D eigenvalue weighted by Gasteiger charge is 2.45. The molecule has 2 aromatic carbocycles. The lowest BCUT2D eigenvalue weighted by Gasteiger charge is -2.38. The van der Waals surface area contributed by atoms with E-state index in [1.807, 2.05) is 59.5 Å². The highest BCUT2D eigenvalue weighted by atomic mass is 32.2. The van der Waals surface area contributed by atoms with Crippen LogP contribution in [-0.4, -0.2) is 69.9 Å². The zero-order chi connectivity index (χ0) is 24.4. The van der Waals surface area contributed by atoms with Crippen LogP contribution in [0.15, 0.2) is 76.3 Å². The van der Waals surface area contributed by atoms with E-state index < -0.39 is 15.9 Å². The first kappa shape index (κ1) is 23.8. The first-order chi connectivity index (χ1) is 17.0. The van der Waals surface area contributed by atoms with Gasteiger partial charge in [-0.1, -0.05) is 36.4 Å². The van der Waals surface area contributed by atoms with Gasteiger partial charge in [0.2, 0.25) is 5.91 Å². The number of benzene rings is 2. The number of rotatable bonds is 6. The van der Waals surface area contributed by atoms with Crippen LogP contribution in [0.1, 0.15) is 11.5 Å². The van der Waals surface area contributed by atoms with Crippen LogP contribution in [-0.2, 0) is 14.8 Å². The van der Waals surface area contributed by atoms with Crippen molar-refractivity contribution in [3.05, 3.63) is 77.7 Å². The fourth-order valence-corrected chi connectivity index (χ4v) is 7.64. The maximum absolute atomic E-state index is 13.7. The van der Waals surface area contributed by atoms with E-state index in [1.54, 1.807) is 24.6 Å². The Morgan fingerprint density at radius 3 is 2.26 bits per heavy atom. The van der Waals surface area contributed by atoms with E-state index in [9.17, 15) is 13.2 Å². The first-order valence-electron chi connectivity index (χ1n) is 11.7. The average molecular weight is 512 g/mol. The van der Waals surface area contributed by atoms with Gasteiger partial charge in [0.25, 0.3) is 10.0 Å². The van der Waals surface area contributed by atoms with E-state index >= 15 is 0 Å². The lowest BCUT2D eigenvalue weighted by atomic mass is 9.88. The summed E-state index contributed by atoms with van der Waals surface area (Å²) in [5.41, 5.74) is 2.11. The summed E-state index contributed by atoms with van der Waals surface area (Å²) in [5, 5.41) is 1.77. The number of methoxy groups -OCH3 is 1. The van der Waals surface area contributed by atoms with Gasteiger partial charge in [0.05, 0.1) is 13.0 Å². The Balaban J connectivity index is 1.32. The zero-order valence-electron chi connectivity index (χ0n) is 19.6. The van der Waals surface area contributed by atoms with Gasteiger partial charge < -0.3 is 14.5 Å². The van der Waals surface area contributed by atoms with E-state index in [1.165, 1.54) is 15.6 Å². The summed E-state index contributed by atoms with van der Waals surface area (Å²) in [6, 6.07) is 21.1. The lowest BCUT2D eigenvalue weighted by molar-refractivity contribution is -0.135. The van der Waals surface area contributed by atoms with Crippen LogP contribution in [0.3, 0.4) is 0 Å². The van der Waals surface area contributed by atoms with Crippen molar-refractivity contribution in [3.63, 3.8) is 0 Å². The number of thiophene rings is 1. The van der Waals surface area contributed by atoms with Gasteiger partial charge in [-0.25, -0.2) is 8.42 Å². The van der Waals surface area contributed by atoms with E-state index in [2.05, 4.69) is 4.90 Å². The molecular weight excluding hydrogens is 482 g/mol. The van der Waals surface area contributed by atoms with Crippen LogP contribution in [0.4, 0.5) is 5.69 Å². The van der Waals surface area contributed by atoms with E-state index in [-0.39, 0.29) is 18.4 Å². The lowest BCUT2D eigenvalue weighted by Crippen LogP contribution is -2.51. The van der Waals surface area contributed by atoms with Crippen molar-refractivity contribution < 1.29 is 17.9 Å². The molecule has 0 spiro atoms. The second-order valence-electron chi connectivity index (χ2n) is 8.89. The van der Waals surface area contributed by atoms with E-state index in [0.717, 1.165) is 30.1 Å². The summed E-state index contributed by atoms with van der Waals surface area (Å²) in [7, 11) is -1.97. The number of sulfonamides is 1. The largest absolute Gasteiger partial charge is 0.497 e. The molecule has 9 heteroatoms. The molecule has 184 valence electrons. The molecule has 0 aliphatic carbocycles. The Kier molecular flexibility index (Phi) is 6.82. The van der Waals surface area contributed by atoms with Gasteiger partial charge in [0, 0.05) is 50.9 Å². The highest BCUT2D eigenvalue weighted by Crippen LogP contribution is 2.37. The van der Waals surface area contributed by atoms with Crippen molar-refractivity contribution in [1.29, 1.82) is 0 Å². The minimum Gasteiger partial charge on any atom is -0.497 e. The third-order valence-corrected chi connectivity index (χ3v) is 10.2. The topological polar surface area (TPSA) is 70.2 Å². The fourth-order valence-electron chi connectivity index (χ4n) is 5.00. The van der Waals surface area contributed by atoms with Gasteiger partial charge in [-0.15, -0.1) is 11.3 Å². The van der Waals surface area contributed by atoms with E-state index in [4.69, 9.17) is 4.74 Å². The maximum Gasteiger partial charge on any atom is 0.252 e. The molecule has 3 heterocycles. The summed E-state index contributed by atoms with van der Waals surface area (Å²) in [6.07, 6.45) is 0. The summed E-state index contributed by atoms with van der Waals surface area (Å²) in [4.78, 5) is 17.9. The summed E-state index contributed by atoms with van der Waals surface area (Å²) in [5.74, 6) is 0.285. The quantitative estimate of drug-likeness (QED) is 0.507. The SMILES string of the molecule is COc1ccc(N2CCN(C(=O)[C@@H]3CN(S(=O)(=O)c4cccs4)C[C@H]3c3ccccc3)CC2)cc1. The number of hydrogen-bond donors (Lipinski definition) is 0. The predicted molar refractivity (Wildman–Crippen MR) is 138 cm³/mol. The molecule has 0 radical (unpaired) electrons. The molecule has 3 aromatic rings. The first-order valence-corrected chi connectivity index (χ1v) is 14.1. The molecule has 35 heavy (non-hydrogen) atoms. The van der Waals surface area contributed by atoms with Crippen LogP contribution in [0.5, 0.6) is 5.75 Å². The molecule has 2 atom stereocenters. The Labute approximate surface area is 210 Å². The predicted octanol–water partition coefficient (Wildman–Crippen LogP) is 3.51. The molecule has 0 N–H and O–H groups in total. The van der Waals surface area contributed by atoms with Crippen LogP contribution in [0.25, 0.3) is 0 Å². The molecule has 2 aliphatic heterocycles. The smallest absolute Gasteiger partial charge is 0.252 e. The number of nitrogens with zero attached hydrogens (tertiary/aromatic N) is 3. The van der Waals surface area contributed by atoms with Crippen molar-refractivity contribution in [2.24, 2.45) is 5.92 Å². The van der Waals surface area contributed by atoms with Gasteiger partial charge in [-0.05, 0) is 41.3 Å². The maximum atomic E-state index is 13.7. The van der Waals surface area contributed by atoms with Crippen LogP contribution in [0, 0.1) is 5.92 Å². The number of hydrogen-bond acceptors (Lipinski definition) is 6. The molecule has 5 rings (SSSR count). The number of anilines is 1. The van der Waals surface area contributed by atoms with Crippen LogP contribution < -0.4 is 9.64 Å². The molecular formula is C26H29N3O4S2. The van der Waals surface area contributed by atoms with Gasteiger partial charge >= 0.3 is 0 Å². The minimum atomic E-state index is -3.62. The van der Waals surface area contributed by atoms with Gasteiger partial charge in [-0.3, -0.25) is 4.79 Å². The molecule has 1 amide bonds. The van der Waals surface area contributed by atoms with Gasteiger partial charge in [0.1, 0.15) is 9.96 Å². The highest BCUT2D eigenvalue weighted by molar-refractivity contribution is 7.91. The Hall–Kier alpha value is -2.88. The summed E-state index contributed by atoms with van der Waals surface area (Å²) >= 11 is 1.21. The van der Waals surface area contributed by atoms with Crippen molar-refractivity contribution in [2.75, 3.05) is 51.3 Å². The zero-order valence-corrected chi connectivity index (χ0v) is 21.2. The monoisotopic (exact) mass is 511 g/mol. The fraction of sp³-hybridized carbons (Fsp3) is 0.346. The van der Waals surface area contributed by atoms with Crippen molar-refractivity contribution >= 4 is 33.0 Å². The van der Waals surface area contributed by atoms with Crippen molar-refractivity contribution in [2.45, 2.75) is 10.1 Å². The summed E-state index contributed by atoms with van der Waals surface area (Å²) < 4.78 is 33.6. The standard InChI is InChI=1S/C26H29N3O4S2/c1-33-22-11-9-21(10-12-22)27-13-15-28(16-14-27)26(30)24-19-29(35(31,32)25-8-5-17-34-25)18-23(24)20-6-3-2-4-7-20/h2-12,17,23-24H,13-16,18-19H2,1H3/t23-,24+/m0/s1. The molecule has 2 fully saturated rings. The molecule has 0 unspecified atom stereocenters. The summed E-state index contributed by atoms with van der Waals surface area (Å²) in [6.45, 7) is 3.21. The molecule has 0 bridgehead atoms. The number of amides is 1. The second-order valence-corrected chi connectivity index (χ2v) is 12.0. The third-order valence-electron chi connectivity index (χ3n) is 6.95. The Bertz CT molecular complexity index is 1240. The number of ether oxygens (including phenoxy) is 1. The Morgan fingerprint density at radius 1 is 0.914 bits per heavy atom. The Morgan fingerprint density at radius 2 is 1.63 bits per heavy atom. The van der Waals surface area contributed by atoms with Crippen LogP contribution in [0.2, 0.25) is 0 Å². The number of carbonyl (C=O) groups is 1. The average Bonchev–Trinajstić information content (AvgIpc) is 3.61. The van der Waals surface area contributed by atoms with Crippen LogP contribution >= 0.6 is 11.3 Å². The van der Waals surface area contributed by atoms with E-state index in [0.29, 0.717) is 23.8 Å². The second kappa shape index (κ2) is 10.0. The minimum absolute atomic E-state index is 0.0390. The normalized spacial score (nSPS) is 21.3. The van der Waals surface area contributed by atoms with Crippen molar-refractivity contribution in [1.82, 2.24) is 9.21 Å². The van der Waals surface area contributed by atoms with Gasteiger partial charge in [0.15, 0.2) is 0 Å². The molecule has 1 aromatic heterocycles. The third kappa shape index (κ3) is 4.80.